The molecule has 0 unspecified atom stereocenters. The highest BCUT2D eigenvalue weighted by molar-refractivity contribution is 7.89. The molecule has 2 aromatic heterocycles. The highest BCUT2D eigenvalue weighted by Crippen LogP contribution is 2.37. The number of pyridine rings is 1. The molecular formula is C17H23N5O3S. The number of sulfone groups is 1. The van der Waals surface area contributed by atoms with Crippen molar-refractivity contribution in [1.29, 1.82) is 0 Å². The molecule has 3 rings (SSSR count). The normalized spacial score (nSPS) is 19.6. The van der Waals surface area contributed by atoms with E-state index >= 15 is 0 Å². The summed E-state index contributed by atoms with van der Waals surface area (Å²) in [5.74, 6) is 1.85. The number of aliphatic hydroxyl groups excluding tert-OH is 1. The number of nitrogens with one attached hydrogen (secondary N) is 2. The van der Waals surface area contributed by atoms with E-state index in [1.165, 1.54) is 12.6 Å². The second-order valence-electron chi connectivity index (χ2n) is 6.61. The molecule has 1 saturated carbocycles. The fourth-order valence-electron chi connectivity index (χ4n) is 2.96. The summed E-state index contributed by atoms with van der Waals surface area (Å²) in [7, 11) is -3.05. The zero-order valence-electron chi connectivity index (χ0n) is 14.6. The van der Waals surface area contributed by atoms with Gasteiger partial charge in [0.05, 0.1) is 12.4 Å². The summed E-state index contributed by atoms with van der Waals surface area (Å²) < 4.78 is 22.6. The van der Waals surface area contributed by atoms with Gasteiger partial charge in [0.25, 0.3) is 0 Å². The largest absolute Gasteiger partial charge is 0.395 e. The molecule has 0 radical (unpaired) electrons. The van der Waals surface area contributed by atoms with Crippen LogP contribution < -0.4 is 10.6 Å². The molecule has 0 aromatic carbocycles. The third-order valence-corrected chi connectivity index (χ3v) is 5.13. The van der Waals surface area contributed by atoms with Crippen molar-refractivity contribution in [3.05, 3.63) is 42.0 Å². The summed E-state index contributed by atoms with van der Waals surface area (Å²) >= 11 is 0. The van der Waals surface area contributed by atoms with Crippen molar-refractivity contribution in [3.8, 4) is 0 Å². The number of hydrogen-bond donors (Lipinski definition) is 3. The van der Waals surface area contributed by atoms with Crippen LogP contribution in [-0.2, 0) is 15.6 Å². The van der Waals surface area contributed by atoms with Gasteiger partial charge >= 0.3 is 0 Å². The van der Waals surface area contributed by atoms with Crippen LogP contribution in [0.2, 0.25) is 0 Å². The molecule has 3 N–H and O–H groups in total. The lowest BCUT2D eigenvalue weighted by Gasteiger charge is -2.35. The molecule has 140 valence electrons. The number of aliphatic hydroxyl groups is 1. The van der Waals surface area contributed by atoms with Crippen LogP contribution >= 0.6 is 0 Å². The van der Waals surface area contributed by atoms with E-state index in [2.05, 4.69) is 25.6 Å². The molecule has 1 fully saturated rings. The van der Waals surface area contributed by atoms with Crippen molar-refractivity contribution < 1.29 is 13.5 Å². The van der Waals surface area contributed by atoms with Crippen molar-refractivity contribution in [2.24, 2.45) is 0 Å². The maximum absolute atomic E-state index is 11.3. The molecule has 8 nitrogen and oxygen atoms in total. The average molecular weight is 377 g/mol. The van der Waals surface area contributed by atoms with Gasteiger partial charge in [0.2, 0.25) is 0 Å². The molecule has 0 bridgehead atoms. The summed E-state index contributed by atoms with van der Waals surface area (Å²) in [6, 6.07) is 5.84. The van der Waals surface area contributed by atoms with Gasteiger partial charge in [-0.3, -0.25) is 0 Å². The van der Waals surface area contributed by atoms with E-state index in [1.54, 1.807) is 12.3 Å². The number of rotatable bonds is 8. The van der Waals surface area contributed by atoms with Gasteiger partial charge in [-0.05, 0) is 24.5 Å². The average Bonchev–Trinajstić information content (AvgIpc) is 2.56. The van der Waals surface area contributed by atoms with Crippen molar-refractivity contribution >= 4 is 21.5 Å². The number of anilines is 2. The topological polar surface area (TPSA) is 117 Å². The lowest BCUT2D eigenvalue weighted by atomic mass is 9.78. The molecule has 1 aliphatic carbocycles. The molecule has 0 aliphatic heterocycles. The number of aromatic nitrogens is 3. The van der Waals surface area contributed by atoms with Gasteiger partial charge < -0.3 is 15.7 Å². The van der Waals surface area contributed by atoms with Gasteiger partial charge in [-0.2, -0.15) is 0 Å². The minimum atomic E-state index is -3.05. The van der Waals surface area contributed by atoms with E-state index in [9.17, 15) is 8.42 Å². The Balaban J connectivity index is 1.51. The first kappa shape index (κ1) is 18.5. The van der Waals surface area contributed by atoms with Crippen molar-refractivity contribution in [3.63, 3.8) is 0 Å². The van der Waals surface area contributed by atoms with Crippen LogP contribution in [0.5, 0.6) is 0 Å². The molecule has 9 heteroatoms. The molecular weight excluding hydrogens is 354 g/mol. The summed E-state index contributed by atoms with van der Waals surface area (Å²) in [4.78, 5) is 12.8. The Labute approximate surface area is 153 Å². The fourth-order valence-corrected chi connectivity index (χ4v) is 3.74. The van der Waals surface area contributed by atoms with Gasteiger partial charge in [-0.1, -0.05) is 6.07 Å². The lowest BCUT2D eigenvalue weighted by molar-refractivity contribution is 0.311. The van der Waals surface area contributed by atoms with Gasteiger partial charge in [0, 0.05) is 42.7 Å². The minimum Gasteiger partial charge on any atom is -0.395 e. The smallest absolute Gasteiger partial charge is 0.151 e. The first-order valence-corrected chi connectivity index (χ1v) is 10.5. The quantitative estimate of drug-likeness (QED) is 0.628. The maximum atomic E-state index is 11.3. The zero-order valence-corrected chi connectivity index (χ0v) is 15.4. The molecule has 2 heterocycles. The Morgan fingerprint density at radius 1 is 1.19 bits per heavy atom. The molecule has 0 amide bonds. The van der Waals surface area contributed by atoms with E-state index in [0.29, 0.717) is 24.1 Å². The summed E-state index contributed by atoms with van der Waals surface area (Å²) in [6.07, 6.45) is 6.25. The highest BCUT2D eigenvalue weighted by Gasteiger charge is 2.31. The Bertz CT molecular complexity index is 836. The number of nitrogens with zero attached hydrogens (tertiary/aromatic N) is 3. The second-order valence-corrected chi connectivity index (χ2v) is 8.75. The van der Waals surface area contributed by atoms with E-state index in [4.69, 9.17) is 5.11 Å². The summed E-state index contributed by atoms with van der Waals surface area (Å²) in [5.41, 5.74) is 1.68. The van der Waals surface area contributed by atoms with E-state index in [0.717, 1.165) is 30.2 Å². The van der Waals surface area contributed by atoms with Crippen LogP contribution in [-0.4, -0.2) is 53.9 Å². The van der Waals surface area contributed by atoms with Crippen LogP contribution in [0.25, 0.3) is 0 Å². The van der Waals surface area contributed by atoms with Crippen LogP contribution in [0.4, 0.5) is 11.6 Å². The fraction of sp³-hybridized carbons (Fsp3) is 0.471. The highest BCUT2D eigenvalue weighted by atomic mass is 32.2. The van der Waals surface area contributed by atoms with Crippen molar-refractivity contribution in [1.82, 2.24) is 15.0 Å². The second kappa shape index (κ2) is 7.96. The van der Waals surface area contributed by atoms with Gasteiger partial charge in [0.15, 0.2) is 9.84 Å². The first-order chi connectivity index (χ1) is 12.4. The maximum Gasteiger partial charge on any atom is 0.151 e. The lowest BCUT2D eigenvalue weighted by Crippen LogP contribution is -2.34. The molecule has 2 aromatic rings. The van der Waals surface area contributed by atoms with E-state index in [1.807, 2.05) is 12.1 Å². The third-order valence-electron chi connectivity index (χ3n) is 4.27. The molecule has 0 spiro atoms. The predicted molar refractivity (Wildman–Crippen MR) is 99.8 cm³/mol. The van der Waals surface area contributed by atoms with E-state index < -0.39 is 9.84 Å². The van der Waals surface area contributed by atoms with E-state index in [-0.39, 0.29) is 12.4 Å². The standard InChI is InChI=1S/C17H23N5O3S/c1-26(24,25)10-12-2-3-16(19-9-12)22-14-6-13(7-14)15-8-17(18-4-5-23)21-11-20-15/h2-3,8-9,11,13-14,23H,4-7,10H2,1H3,(H,19,22)(H,18,20,21). The minimum absolute atomic E-state index is 0.00610. The van der Waals surface area contributed by atoms with Crippen LogP contribution in [0.3, 0.4) is 0 Å². The van der Waals surface area contributed by atoms with Gasteiger partial charge in [0.1, 0.15) is 18.0 Å². The monoisotopic (exact) mass is 377 g/mol. The van der Waals surface area contributed by atoms with Crippen LogP contribution in [0.15, 0.2) is 30.7 Å². The van der Waals surface area contributed by atoms with Crippen LogP contribution in [0.1, 0.15) is 30.0 Å². The van der Waals surface area contributed by atoms with Gasteiger partial charge in [-0.15, -0.1) is 0 Å². The summed E-state index contributed by atoms with van der Waals surface area (Å²) in [6.45, 7) is 0.525. The molecule has 26 heavy (non-hydrogen) atoms. The zero-order chi connectivity index (χ0) is 18.6. The third kappa shape index (κ3) is 5.12. The van der Waals surface area contributed by atoms with Crippen molar-refractivity contribution in [2.45, 2.75) is 30.6 Å². The Morgan fingerprint density at radius 3 is 2.65 bits per heavy atom. The summed E-state index contributed by atoms with van der Waals surface area (Å²) in [5, 5.41) is 15.3. The number of hydrogen-bond acceptors (Lipinski definition) is 8. The SMILES string of the molecule is CS(=O)(=O)Cc1ccc(NC2CC(c3cc(NCCO)ncn3)C2)nc1. The molecule has 0 atom stereocenters. The molecule has 0 saturated heterocycles. The molecule has 1 aliphatic rings. The predicted octanol–water partition coefficient (Wildman–Crippen LogP) is 1.18. The Kier molecular flexibility index (Phi) is 5.67. The van der Waals surface area contributed by atoms with Crippen LogP contribution in [0, 0.1) is 0 Å². The van der Waals surface area contributed by atoms with Gasteiger partial charge in [-0.25, -0.2) is 23.4 Å². The Hall–Kier alpha value is -2.26. The Morgan fingerprint density at radius 2 is 2.00 bits per heavy atom. The van der Waals surface area contributed by atoms with Crippen molar-refractivity contribution in [2.75, 3.05) is 30.0 Å². The first-order valence-electron chi connectivity index (χ1n) is 8.49.